The maximum atomic E-state index is 12.3. The number of amides is 1. The van der Waals surface area contributed by atoms with E-state index in [4.69, 9.17) is 4.42 Å². The molecule has 0 bridgehead atoms. The van der Waals surface area contributed by atoms with Crippen molar-refractivity contribution in [1.82, 2.24) is 15.3 Å². The molecule has 0 aromatic carbocycles. The number of carbonyl (C=O) groups is 1. The number of aryl methyl sites for hydroxylation is 1. The maximum Gasteiger partial charge on any atom is 0.271 e. The van der Waals surface area contributed by atoms with E-state index >= 15 is 0 Å². The van der Waals surface area contributed by atoms with Gasteiger partial charge in [-0.2, -0.15) is 11.3 Å². The van der Waals surface area contributed by atoms with Gasteiger partial charge in [0.05, 0.1) is 11.6 Å². The van der Waals surface area contributed by atoms with Gasteiger partial charge in [-0.1, -0.05) is 0 Å². The third-order valence-electron chi connectivity index (χ3n) is 3.46. The summed E-state index contributed by atoms with van der Waals surface area (Å²) in [4.78, 5) is 21.1. The molecule has 0 atom stereocenters. The SMILES string of the molecule is Cc1nc(-c2ccc(CNC(=O)c3csc(-c4ccsc4)n3)o2)cs1. The van der Waals surface area contributed by atoms with Crippen LogP contribution in [0.25, 0.3) is 22.0 Å². The monoisotopic (exact) mass is 387 g/mol. The van der Waals surface area contributed by atoms with E-state index in [0.29, 0.717) is 23.8 Å². The summed E-state index contributed by atoms with van der Waals surface area (Å²) in [5.41, 5.74) is 2.29. The number of thiophene rings is 1. The molecule has 4 aromatic heterocycles. The minimum Gasteiger partial charge on any atom is -0.458 e. The largest absolute Gasteiger partial charge is 0.458 e. The Morgan fingerprint density at radius 2 is 2.08 bits per heavy atom. The Kier molecular flexibility index (Phi) is 4.48. The number of nitrogens with zero attached hydrogens (tertiary/aromatic N) is 2. The van der Waals surface area contributed by atoms with Crippen molar-refractivity contribution in [2.45, 2.75) is 13.5 Å². The Balaban J connectivity index is 1.40. The molecule has 5 nitrogen and oxygen atoms in total. The summed E-state index contributed by atoms with van der Waals surface area (Å²) >= 11 is 4.65. The van der Waals surface area contributed by atoms with Crippen LogP contribution >= 0.6 is 34.0 Å². The zero-order chi connectivity index (χ0) is 17.2. The molecule has 4 aromatic rings. The van der Waals surface area contributed by atoms with E-state index in [0.717, 1.165) is 21.3 Å². The maximum absolute atomic E-state index is 12.3. The van der Waals surface area contributed by atoms with Gasteiger partial charge in [0.25, 0.3) is 5.91 Å². The number of hydrogen-bond acceptors (Lipinski definition) is 7. The topological polar surface area (TPSA) is 68.0 Å². The first-order valence-electron chi connectivity index (χ1n) is 7.46. The van der Waals surface area contributed by atoms with Gasteiger partial charge in [-0.25, -0.2) is 9.97 Å². The highest BCUT2D eigenvalue weighted by Crippen LogP contribution is 2.26. The van der Waals surface area contributed by atoms with Crippen molar-refractivity contribution < 1.29 is 9.21 Å². The van der Waals surface area contributed by atoms with Gasteiger partial charge in [-0.15, -0.1) is 22.7 Å². The van der Waals surface area contributed by atoms with E-state index in [-0.39, 0.29) is 5.91 Å². The molecular weight excluding hydrogens is 374 g/mol. The van der Waals surface area contributed by atoms with Gasteiger partial charge in [0.1, 0.15) is 22.2 Å². The average molecular weight is 388 g/mol. The number of hydrogen-bond donors (Lipinski definition) is 1. The van der Waals surface area contributed by atoms with Crippen molar-refractivity contribution in [3.63, 3.8) is 0 Å². The van der Waals surface area contributed by atoms with Crippen LogP contribution in [0.5, 0.6) is 0 Å². The van der Waals surface area contributed by atoms with Crippen molar-refractivity contribution in [3.8, 4) is 22.0 Å². The minimum absolute atomic E-state index is 0.208. The summed E-state index contributed by atoms with van der Waals surface area (Å²) in [5.74, 6) is 1.18. The molecule has 0 aliphatic carbocycles. The second-order valence-electron chi connectivity index (χ2n) is 5.25. The first-order chi connectivity index (χ1) is 12.2. The lowest BCUT2D eigenvalue weighted by Gasteiger charge is -2.00. The van der Waals surface area contributed by atoms with Gasteiger partial charge in [-0.3, -0.25) is 4.79 Å². The first-order valence-corrected chi connectivity index (χ1v) is 10.2. The summed E-state index contributed by atoms with van der Waals surface area (Å²) in [6.07, 6.45) is 0. The van der Waals surface area contributed by atoms with Crippen molar-refractivity contribution in [2.75, 3.05) is 0 Å². The molecule has 0 aliphatic rings. The Hall–Kier alpha value is -2.29. The van der Waals surface area contributed by atoms with Crippen molar-refractivity contribution in [1.29, 1.82) is 0 Å². The van der Waals surface area contributed by atoms with E-state index in [9.17, 15) is 4.79 Å². The van der Waals surface area contributed by atoms with Crippen LogP contribution in [0.15, 0.2) is 44.1 Å². The molecule has 126 valence electrons. The Labute approximate surface area is 156 Å². The normalized spacial score (nSPS) is 10.9. The number of rotatable bonds is 5. The van der Waals surface area contributed by atoms with E-state index < -0.39 is 0 Å². The van der Waals surface area contributed by atoms with Gasteiger partial charge >= 0.3 is 0 Å². The van der Waals surface area contributed by atoms with Crippen LogP contribution in [0.2, 0.25) is 0 Å². The Morgan fingerprint density at radius 3 is 2.84 bits per heavy atom. The van der Waals surface area contributed by atoms with Gasteiger partial charge in [0.15, 0.2) is 5.76 Å². The summed E-state index contributed by atoms with van der Waals surface area (Å²) in [7, 11) is 0. The lowest BCUT2D eigenvalue weighted by atomic mass is 10.3. The molecule has 4 rings (SSSR count). The van der Waals surface area contributed by atoms with Crippen LogP contribution in [0.4, 0.5) is 0 Å². The molecule has 25 heavy (non-hydrogen) atoms. The number of furan rings is 1. The second kappa shape index (κ2) is 6.91. The van der Waals surface area contributed by atoms with Gasteiger partial charge in [0, 0.05) is 21.7 Å². The van der Waals surface area contributed by atoms with Crippen LogP contribution in [0.3, 0.4) is 0 Å². The number of carbonyl (C=O) groups excluding carboxylic acids is 1. The predicted molar refractivity (Wildman–Crippen MR) is 101 cm³/mol. The fourth-order valence-electron chi connectivity index (χ4n) is 2.24. The summed E-state index contributed by atoms with van der Waals surface area (Å²) in [5, 5.41) is 12.4. The van der Waals surface area contributed by atoms with Gasteiger partial charge in [-0.05, 0) is 30.5 Å². The highest BCUT2D eigenvalue weighted by Gasteiger charge is 2.13. The van der Waals surface area contributed by atoms with Gasteiger partial charge < -0.3 is 9.73 Å². The van der Waals surface area contributed by atoms with Crippen LogP contribution in [-0.4, -0.2) is 15.9 Å². The van der Waals surface area contributed by atoms with E-state index in [2.05, 4.69) is 15.3 Å². The zero-order valence-electron chi connectivity index (χ0n) is 13.2. The second-order valence-corrected chi connectivity index (χ2v) is 7.95. The van der Waals surface area contributed by atoms with E-state index in [1.54, 1.807) is 28.1 Å². The summed E-state index contributed by atoms with van der Waals surface area (Å²) in [6.45, 7) is 2.27. The molecule has 1 amide bonds. The van der Waals surface area contributed by atoms with Crippen LogP contribution in [-0.2, 0) is 6.54 Å². The van der Waals surface area contributed by atoms with Crippen LogP contribution in [0.1, 0.15) is 21.3 Å². The van der Waals surface area contributed by atoms with Crippen molar-refractivity contribution in [3.05, 3.63) is 56.2 Å². The molecule has 0 unspecified atom stereocenters. The van der Waals surface area contributed by atoms with E-state index in [1.165, 1.54) is 11.3 Å². The third-order valence-corrected chi connectivity index (χ3v) is 5.81. The molecule has 1 N–H and O–H groups in total. The zero-order valence-corrected chi connectivity index (χ0v) is 15.6. The molecule has 0 fully saturated rings. The van der Waals surface area contributed by atoms with Gasteiger partial charge in [0.2, 0.25) is 0 Å². The third kappa shape index (κ3) is 3.55. The molecule has 0 saturated heterocycles. The highest BCUT2D eigenvalue weighted by atomic mass is 32.1. The average Bonchev–Trinajstić information content (AvgIpc) is 3.38. The fourth-order valence-corrected chi connectivity index (χ4v) is 4.36. The Morgan fingerprint density at radius 1 is 1.16 bits per heavy atom. The van der Waals surface area contributed by atoms with Crippen LogP contribution in [0, 0.1) is 6.92 Å². The smallest absolute Gasteiger partial charge is 0.271 e. The Bertz CT molecular complexity index is 998. The lowest BCUT2D eigenvalue weighted by Crippen LogP contribution is -2.22. The highest BCUT2D eigenvalue weighted by molar-refractivity contribution is 7.14. The number of nitrogens with one attached hydrogen (secondary N) is 1. The van der Waals surface area contributed by atoms with Crippen LogP contribution < -0.4 is 5.32 Å². The number of aromatic nitrogens is 2. The molecule has 0 spiro atoms. The molecule has 0 radical (unpaired) electrons. The molecule has 4 heterocycles. The minimum atomic E-state index is -0.208. The van der Waals surface area contributed by atoms with Crippen molar-refractivity contribution in [2.24, 2.45) is 0 Å². The quantitative estimate of drug-likeness (QED) is 0.533. The molecule has 0 saturated carbocycles. The fraction of sp³-hybridized carbons (Fsp3) is 0.118. The predicted octanol–water partition coefficient (Wildman–Crippen LogP) is 4.83. The molecule has 8 heteroatoms. The van der Waals surface area contributed by atoms with E-state index in [1.807, 2.05) is 41.3 Å². The summed E-state index contributed by atoms with van der Waals surface area (Å²) in [6, 6.07) is 5.71. The molecule has 0 aliphatic heterocycles. The molecular formula is C17H13N3O2S3. The lowest BCUT2D eigenvalue weighted by molar-refractivity contribution is 0.0944. The number of thiazole rings is 2. The first kappa shape index (κ1) is 16.2. The standard InChI is InChI=1S/C17H13N3O2S3/c1-10-19-13(8-24-10)15-3-2-12(22-15)6-18-16(21)14-9-25-17(20-14)11-4-5-23-7-11/h2-5,7-9H,6H2,1H3,(H,18,21). The summed E-state index contributed by atoms with van der Waals surface area (Å²) < 4.78 is 5.75. The van der Waals surface area contributed by atoms with Crippen molar-refractivity contribution >= 4 is 39.9 Å².